The van der Waals surface area contributed by atoms with Gasteiger partial charge < -0.3 is 5.32 Å². The Morgan fingerprint density at radius 2 is 2.06 bits per heavy atom. The van der Waals surface area contributed by atoms with Crippen molar-refractivity contribution in [3.8, 4) is 0 Å². The highest BCUT2D eigenvalue weighted by atomic mass is 32.1. The van der Waals surface area contributed by atoms with Crippen LogP contribution in [0.1, 0.15) is 18.5 Å². The molecule has 0 aliphatic carbocycles. The van der Waals surface area contributed by atoms with Gasteiger partial charge in [-0.15, -0.1) is 0 Å². The average molecular weight is 255 g/mol. The number of hydrogen-bond acceptors (Lipinski definition) is 4. The van der Waals surface area contributed by atoms with E-state index in [1.165, 1.54) is 22.5 Å². The highest BCUT2D eigenvalue weighted by Crippen LogP contribution is 2.30. The van der Waals surface area contributed by atoms with E-state index in [4.69, 9.17) is 0 Å². The third-order valence-corrected chi connectivity index (χ3v) is 3.72. The van der Waals surface area contributed by atoms with E-state index >= 15 is 0 Å². The summed E-state index contributed by atoms with van der Waals surface area (Å²) >= 11 is 1.50. The van der Waals surface area contributed by atoms with E-state index in [1.54, 1.807) is 6.20 Å². The van der Waals surface area contributed by atoms with Gasteiger partial charge in [-0.25, -0.2) is 0 Å². The molecular weight excluding hydrogens is 242 g/mol. The summed E-state index contributed by atoms with van der Waals surface area (Å²) in [6.07, 6.45) is 3.68. The molecule has 18 heavy (non-hydrogen) atoms. The molecule has 3 nitrogen and oxygen atoms in total. The van der Waals surface area contributed by atoms with Gasteiger partial charge in [0.15, 0.2) is 0 Å². The fourth-order valence-electron chi connectivity index (χ4n) is 1.91. The van der Waals surface area contributed by atoms with Crippen LogP contribution < -0.4 is 5.32 Å². The van der Waals surface area contributed by atoms with Gasteiger partial charge in [0.2, 0.25) is 0 Å². The first-order chi connectivity index (χ1) is 8.84. The molecule has 0 spiro atoms. The summed E-state index contributed by atoms with van der Waals surface area (Å²) in [7, 11) is 0. The second-order valence-electron chi connectivity index (χ2n) is 4.18. The Balaban J connectivity index is 1.89. The van der Waals surface area contributed by atoms with Gasteiger partial charge in [-0.2, -0.15) is 4.37 Å². The molecule has 0 aliphatic heterocycles. The highest BCUT2D eigenvalue weighted by Gasteiger charge is 2.09. The molecule has 0 bridgehead atoms. The Labute approximate surface area is 110 Å². The van der Waals surface area contributed by atoms with Gasteiger partial charge in [0.1, 0.15) is 5.00 Å². The van der Waals surface area contributed by atoms with Crippen molar-refractivity contribution >= 4 is 27.4 Å². The normalized spacial score (nSPS) is 12.5. The smallest absolute Gasteiger partial charge is 0.117 e. The van der Waals surface area contributed by atoms with Gasteiger partial charge in [0, 0.05) is 17.8 Å². The number of pyridine rings is 1. The Kier molecular flexibility index (Phi) is 2.94. The number of fused-ring (bicyclic) bond motifs is 1. The lowest BCUT2D eigenvalue weighted by Gasteiger charge is -2.13. The summed E-state index contributed by atoms with van der Waals surface area (Å²) in [5.41, 5.74) is 2.22. The Morgan fingerprint density at radius 3 is 2.89 bits per heavy atom. The number of hydrogen-bond donors (Lipinski definition) is 1. The lowest BCUT2D eigenvalue weighted by molar-refractivity contribution is 0.881. The summed E-state index contributed by atoms with van der Waals surface area (Å²) < 4.78 is 4.43. The monoisotopic (exact) mass is 255 g/mol. The van der Waals surface area contributed by atoms with Crippen LogP contribution >= 0.6 is 11.5 Å². The molecule has 0 saturated heterocycles. The van der Waals surface area contributed by atoms with Crippen LogP contribution in [0.25, 0.3) is 10.9 Å². The fourth-order valence-corrected chi connectivity index (χ4v) is 2.75. The Morgan fingerprint density at radius 1 is 1.17 bits per heavy atom. The van der Waals surface area contributed by atoms with Gasteiger partial charge in [-0.3, -0.25) is 4.98 Å². The molecule has 2 heterocycles. The summed E-state index contributed by atoms with van der Waals surface area (Å²) in [5.74, 6) is 0. The SMILES string of the molecule is CC(Nc1snc2ccccc12)c1cccnc1. The molecule has 0 amide bonds. The minimum Gasteiger partial charge on any atom is -0.369 e. The number of rotatable bonds is 3. The van der Waals surface area contributed by atoms with E-state index < -0.39 is 0 Å². The zero-order valence-corrected chi connectivity index (χ0v) is 10.8. The second-order valence-corrected chi connectivity index (χ2v) is 4.95. The van der Waals surface area contributed by atoms with E-state index in [-0.39, 0.29) is 6.04 Å². The van der Waals surface area contributed by atoms with Crippen LogP contribution in [-0.4, -0.2) is 9.36 Å². The van der Waals surface area contributed by atoms with Crippen LogP contribution in [0.4, 0.5) is 5.00 Å². The van der Waals surface area contributed by atoms with E-state index in [9.17, 15) is 0 Å². The first kappa shape index (κ1) is 11.2. The second kappa shape index (κ2) is 4.74. The Bertz CT molecular complexity index is 648. The standard InChI is InChI=1S/C14H13N3S/c1-10(11-5-4-8-15-9-11)16-14-12-6-2-3-7-13(12)17-18-14/h2-10,16H,1H3. The third-order valence-electron chi connectivity index (χ3n) is 2.92. The van der Waals surface area contributed by atoms with E-state index in [0.29, 0.717) is 0 Å². The molecule has 1 unspecified atom stereocenters. The predicted molar refractivity (Wildman–Crippen MR) is 75.9 cm³/mol. The lowest BCUT2D eigenvalue weighted by Crippen LogP contribution is -2.05. The maximum absolute atomic E-state index is 4.43. The van der Waals surface area contributed by atoms with E-state index in [0.717, 1.165) is 10.5 Å². The average Bonchev–Trinajstić information content (AvgIpc) is 2.83. The predicted octanol–water partition coefficient (Wildman–Crippen LogP) is 3.86. The summed E-state index contributed by atoms with van der Waals surface area (Å²) in [4.78, 5) is 4.15. The van der Waals surface area contributed by atoms with E-state index in [2.05, 4.69) is 33.7 Å². The molecule has 1 N–H and O–H groups in total. The fraction of sp³-hybridized carbons (Fsp3) is 0.143. The molecule has 0 fully saturated rings. The van der Waals surface area contributed by atoms with Gasteiger partial charge in [-0.1, -0.05) is 18.2 Å². The minimum absolute atomic E-state index is 0.225. The molecule has 3 rings (SSSR count). The molecule has 1 atom stereocenters. The zero-order valence-electron chi connectivity index (χ0n) is 10.00. The topological polar surface area (TPSA) is 37.8 Å². The molecule has 90 valence electrons. The molecule has 4 heteroatoms. The van der Waals surface area contributed by atoms with Crippen LogP contribution in [0, 0.1) is 0 Å². The number of nitrogens with one attached hydrogen (secondary N) is 1. The number of nitrogens with zero attached hydrogens (tertiary/aromatic N) is 2. The first-order valence-electron chi connectivity index (χ1n) is 5.85. The summed E-state index contributed by atoms with van der Waals surface area (Å²) in [6, 6.07) is 12.4. The number of aromatic nitrogens is 2. The van der Waals surface area contributed by atoms with Crippen LogP contribution in [0.2, 0.25) is 0 Å². The summed E-state index contributed by atoms with van der Waals surface area (Å²) in [5, 5.41) is 5.79. The van der Waals surface area contributed by atoms with Crippen molar-refractivity contribution in [2.75, 3.05) is 5.32 Å². The molecule has 0 saturated carbocycles. The van der Waals surface area contributed by atoms with Crippen molar-refractivity contribution in [3.05, 3.63) is 54.4 Å². The number of benzene rings is 1. The molecule has 1 aromatic carbocycles. The van der Waals surface area contributed by atoms with Crippen molar-refractivity contribution in [2.45, 2.75) is 13.0 Å². The molecule has 0 radical (unpaired) electrons. The first-order valence-corrected chi connectivity index (χ1v) is 6.63. The van der Waals surface area contributed by atoms with Crippen LogP contribution in [0.15, 0.2) is 48.8 Å². The maximum Gasteiger partial charge on any atom is 0.117 e. The van der Waals surface area contributed by atoms with Crippen molar-refractivity contribution < 1.29 is 0 Å². The minimum atomic E-state index is 0.225. The van der Waals surface area contributed by atoms with E-state index in [1.807, 2.05) is 30.5 Å². The lowest BCUT2D eigenvalue weighted by atomic mass is 10.1. The third kappa shape index (κ3) is 2.07. The maximum atomic E-state index is 4.43. The van der Waals surface area contributed by atoms with Gasteiger partial charge in [-0.05, 0) is 42.2 Å². The van der Waals surface area contributed by atoms with Crippen molar-refractivity contribution in [2.24, 2.45) is 0 Å². The largest absolute Gasteiger partial charge is 0.369 e. The molecule has 2 aromatic heterocycles. The highest BCUT2D eigenvalue weighted by molar-refractivity contribution is 7.11. The molecule has 0 aliphatic rings. The van der Waals surface area contributed by atoms with Gasteiger partial charge in [0.25, 0.3) is 0 Å². The van der Waals surface area contributed by atoms with Crippen LogP contribution in [0.5, 0.6) is 0 Å². The number of anilines is 1. The molecular formula is C14H13N3S. The van der Waals surface area contributed by atoms with Crippen molar-refractivity contribution in [1.82, 2.24) is 9.36 Å². The van der Waals surface area contributed by atoms with Crippen molar-refractivity contribution in [3.63, 3.8) is 0 Å². The van der Waals surface area contributed by atoms with Gasteiger partial charge >= 0.3 is 0 Å². The van der Waals surface area contributed by atoms with Gasteiger partial charge in [0.05, 0.1) is 11.6 Å². The summed E-state index contributed by atoms with van der Waals surface area (Å²) in [6.45, 7) is 2.13. The van der Waals surface area contributed by atoms with Crippen LogP contribution in [-0.2, 0) is 0 Å². The molecule has 3 aromatic rings. The van der Waals surface area contributed by atoms with Crippen molar-refractivity contribution in [1.29, 1.82) is 0 Å². The Hall–Kier alpha value is -1.94. The zero-order chi connectivity index (χ0) is 12.4. The van der Waals surface area contributed by atoms with Crippen LogP contribution in [0.3, 0.4) is 0 Å². The quantitative estimate of drug-likeness (QED) is 0.772.